The molecule has 3 rings (SSSR count). The van der Waals surface area contributed by atoms with Crippen molar-refractivity contribution in [3.8, 4) is 22.6 Å². The molecule has 0 spiro atoms. The van der Waals surface area contributed by atoms with Gasteiger partial charge in [0.25, 0.3) is 5.69 Å². The van der Waals surface area contributed by atoms with E-state index in [1.165, 1.54) is 30.5 Å². The number of nitro benzene ring substituents is 1. The number of nitrogens with zero attached hydrogens (tertiary/aromatic N) is 4. The lowest BCUT2D eigenvalue weighted by atomic mass is 10.1. The number of carboxylic acids is 1. The Labute approximate surface area is 135 Å². The van der Waals surface area contributed by atoms with Gasteiger partial charge in [0, 0.05) is 41.9 Å². The van der Waals surface area contributed by atoms with Gasteiger partial charge in [-0.2, -0.15) is 0 Å². The first kappa shape index (κ1) is 15.2. The minimum Gasteiger partial charge on any atom is -0.478 e. The van der Waals surface area contributed by atoms with Crippen LogP contribution in [0.1, 0.15) is 10.4 Å². The second kappa shape index (κ2) is 6.21. The highest BCUT2D eigenvalue weighted by Crippen LogP contribution is 2.26. The Bertz CT molecular complexity index is 911. The van der Waals surface area contributed by atoms with E-state index in [4.69, 9.17) is 0 Å². The lowest BCUT2D eigenvalue weighted by Crippen LogP contribution is -2.04. The van der Waals surface area contributed by atoms with Gasteiger partial charge in [-0.05, 0) is 24.3 Å². The van der Waals surface area contributed by atoms with Crippen molar-refractivity contribution in [1.29, 1.82) is 0 Å². The van der Waals surface area contributed by atoms with Crippen LogP contribution in [0, 0.1) is 10.1 Å². The third-order valence-corrected chi connectivity index (χ3v) is 3.31. The van der Waals surface area contributed by atoms with Crippen LogP contribution >= 0.6 is 0 Å². The highest BCUT2D eigenvalue weighted by molar-refractivity contribution is 5.94. The minimum atomic E-state index is -1.18. The number of carbonyl (C=O) groups is 1. The molecule has 8 nitrogen and oxygen atoms in total. The lowest BCUT2D eigenvalue weighted by Gasteiger charge is -2.07. The number of carboxylic acid groups (broad SMARTS) is 1. The lowest BCUT2D eigenvalue weighted by molar-refractivity contribution is -0.384. The summed E-state index contributed by atoms with van der Waals surface area (Å²) in [5.74, 6) is -0.833. The summed E-state index contributed by atoms with van der Waals surface area (Å²) in [5, 5.41) is 20.1. The molecule has 0 aliphatic rings. The van der Waals surface area contributed by atoms with E-state index in [0.29, 0.717) is 17.0 Å². The first-order valence-corrected chi connectivity index (χ1v) is 6.82. The monoisotopic (exact) mass is 322 g/mol. The van der Waals surface area contributed by atoms with E-state index in [0.717, 1.165) is 0 Å². The van der Waals surface area contributed by atoms with Gasteiger partial charge in [0.1, 0.15) is 5.56 Å². The van der Waals surface area contributed by atoms with E-state index in [9.17, 15) is 20.0 Å². The summed E-state index contributed by atoms with van der Waals surface area (Å²) in [6, 6.07) is 8.93. The van der Waals surface area contributed by atoms with Gasteiger partial charge in [0.05, 0.1) is 10.6 Å². The average molecular weight is 322 g/mol. The fourth-order valence-electron chi connectivity index (χ4n) is 2.14. The van der Waals surface area contributed by atoms with E-state index >= 15 is 0 Å². The normalized spacial score (nSPS) is 10.3. The molecule has 0 aliphatic heterocycles. The molecule has 8 heteroatoms. The summed E-state index contributed by atoms with van der Waals surface area (Å²) in [6.07, 6.45) is 4.38. The van der Waals surface area contributed by atoms with Crippen molar-refractivity contribution >= 4 is 11.7 Å². The van der Waals surface area contributed by atoms with E-state index in [2.05, 4.69) is 15.0 Å². The molecule has 0 amide bonds. The van der Waals surface area contributed by atoms with E-state index < -0.39 is 10.9 Å². The third-order valence-electron chi connectivity index (χ3n) is 3.31. The molecule has 2 aromatic heterocycles. The van der Waals surface area contributed by atoms with Crippen LogP contribution in [0.4, 0.5) is 5.69 Å². The molecule has 2 heterocycles. The van der Waals surface area contributed by atoms with E-state index in [-0.39, 0.29) is 16.9 Å². The van der Waals surface area contributed by atoms with Crippen molar-refractivity contribution in [2.45, 2.75) is 0 Å². The predicted octanol–water partition coefficient (Wildman–Crippen LogP) is 2.81. The van der Waals surface area contributed by atoms with Crippen LogP contribution in [-0.2, 0) is 0 Å². The Morgan fingerprint density at radius 3 is 2.29 bits per heavy atom. The molecule has 24 heavy (non-hydrogen) atoms. The molecule has 3 aromatic rings. The molecule has 0 unspecified atom stereocenters. The molecular weight excluding hydrogens is 312 g/mol. The van der Waals surface area contributed by atoms with Crippen LogP contribution in [-0.4, -0.2) is 31.0 Å². The smallest absolute Gasteiger partial charge is 0.339 e. The number of aromatic nitrogens is 3. The van der Waals surface area contributed by atoms with Gasteiger partial charge in [0.2, 0.25) is 0 Å². The molecule has 1 N–H and O–H groups in total. The maximum atomic E-state index is 11.4. The number of aromatic carboxylic acids is 1. The topological polar surface area (TPSA) is 119 Å². The predicted molar refractivity (Wildman–Crippen MR) is 84.3 cm³/mol. The quantitative estimate of drug-likeness (QED) is 0.579. The molecule has 1 aromatic carbocycles. The number of nitro groups is 1. The molecule has 118 valence electrons. The van der Waals surface area contributed by atoms with Gasteiger partial charge in [0.15, 0.2) is 5.82 Å². The zero-order valence-electron chi connectivity index (χ0n) is 12.2. The maximum absolute atomic E-state index is 11.4. The fourth-order valence-corrected chi connectivity index (χ4v) is 2.14. The van der Waals surface area contributed by atoms with Crippen molar-refractivity contribution in [2.75, 3.05) is 0 Å². The van der Waals surface area contributed by atoms with E-state index in [1.807, 2.05) is 0 Å². The summed E-state index contributed by atoms with van der Waals surface area (Å²) in [4.78, 5) is 33.9. The Morgan fingerprint density at radius 1 is 1.04 bits per heavy atom. The largest absolute Gasteiger partial charge is 0.478 e. The number of pyridine rings is 1. The van der Waals surface area contributed by atoms with Gasteiger partial charge in [-0.1, -0.05) is 0 Å². The first-order chi connectivity index (χ1) is 11.6. The standard InChI is InChI=1S/C16H10N4O4/c21-16(22)13-9-18-15(11-5-7-17-8-6-11)19-14(13)10-1-3-12(4-2-10)20(23)24/h1-9H,(H,21,22). The van der Waals surface area contributed by atoms with Crippen LogP contribution in [0.3, 0.4) is 0 Å². The summed E-state index contributed by atoms with van der Waals surface area (Å²) in [5.41, 5.74) is 1.17. The number of hydrogen-bond donors (Lipinski definition) is 1. The van der Waals surface area contributed by atoms with Crippen molar-refractivity contribution in [2.24, 2.45) is 0 Å². The van der Waals surface area contributed by atoms with Crippen LogP contribution in [0.5, 0.6) is 0 Å². The highest BCUT2D eigenvalue weighted by atomic mass is 16.6. The molecule has 0 saturated heterocycles. The Kier molecular flexibility index (Phi) is 3.94. The summed E-state index contributed by atoms with van der Waals surface area (Å²) >= 11 is 0. The SMILES string of the molecule is O=C(O)c1cnc(-c2ccncc2)nc1-c1ccc([N+](=O)[O-])cc1. The second-order valence-electron chi connectivity index (χ2n) is 4.80. The molecule has 0 atom stereocenters. The van der Waals surface area contributed by atoms with E-state index in [1.54, 1.807) is 24.5 Å². The zero-order valence-corrected chi connectivity index (χ0v) is 12.2. The second-order valence-corrected chi connectivity index (χ2v) is 4.80. The molecule has 0 saturated carbocycles. The van der Waals surface area contributed by atoms with Crippen LogP contribution in [0.2, 0.25) is 0 Å². The minimum absolute atomic E-state index is 0.0818. The number of non-ortho nitro benzene ring substituents is 1. The Balaban J connectivity index is 2.13. The van der Waals surface area contributed by atoms with Crippen LogP contribution < -0.4 is 0 Å². The molecular formula is C16H10N4O4. The Morgan fingerprint density at radius 2 is 1.71 bits per heavy atom. The van der Waals surface area contributed by atoms with Gasteiger partial charge in [-0.25, -0.2) is 14.8 Å². The summed E-state index contributed by atoms with van der Waals surface area (Å²) < 4.78 is 0. The number of hydrogen-bond acceptors (Lipinski definition) is 6. The highest BCUT2D eigenvalue weighted by Gasteiger charge is 2.17. The maximum Gasteiger partial charge on any atom is 0.339 e. The van der Waals surface area contributed by atoms with Gasteiger partial charge < -0.3 is 5.11 Å². The molecule has 0 aliphatic carbocycles. The van der Waals surface area contributed by atoms with Gasteiger partial charge in [-0.3, -0.25) is 15.1 Å². The van der Waals surface area contributed by atoms with Crippen LogP contribution in [0.15, 0.2) is 55.0 Å². The summed E-state index contributed by atoms with van der Waals surface area (Å²) in [7, 11) is 0. The Hall–Kier alpha value is -3.68. The molecule has 0 bridgehead atoms. The molecule has 0 fully saturated rings. The third kappa shape index (κ3) is 2.93. The number of rotatable bonds is 4. The number of benzene rings is 1. The van der Waals surface area contributed by atoms with Gasteiger partial charge >= 0.3 is 5.97 Å². The van der Waals surface area contributed by atoms with Crippen molar-refractivity contribution < 1.29 is 14.8 Å². The van der Waals surface area contributed by atoms with Crippen molar-refractivity contribution in [3.63, 3.8) is 0 Å². The van der Waals surface area contributed by atoms with Crippen LogP contribution in [0.25, 0.3) is 22.6 Å². The summed E-state index contributed by atoms with van der Waals surface area (Å²) in [6.45, 7) is 0. The van der Waals surface area contributed by atoms with Crippen molar-refractivity contribution in [3.05, 3.63) is 70.7 Å². The van der Waals surface area contributed by atoms with Crippen molar-refractivity contribution in [1.82, 2.24) is 15.0 Å². The first-order valence-electron chi connectivity index (χ1n) is 6.82. The fraction of sp³-hybridized carbons (Fsp3) is 0. The zero-order chi connectivity index (χ0) is 17.1. The molecule has 0 radical (unpaired) electrons. The average Bonchev–Trinajstić information content (AvgIpc) is 2.62. The van der Waals surface area contributed by atoms with Gasteiger partial charge in [-0.15, -0.1) is 0 Å².